The van der Waals surface area contributed by atoms with Gasteiger partial charge in [-0.1, -0.05) is 11.6 Å². The smallest absolute Gasteiger partial charge is 0.273 e. The molecule has 2 aliphatic rings. The number of piperidine rings is 1. The molecule has 2 heterocycles. The Morgan fingerprint density at radius 1 is 1.59 bits per heavy atom. The van der Waals surface area contributed by atoms with Crippen molar-refractivity contribution in [2.24, 2.45) is 11.1 Å². The number of aliphatic hydroxyl groups excluding tert-OH is 1. The van der Waals surface area contributed by atoms with Crippen LogP contribution in [-0.2, 0) is 4.74 Å². The second kappa shape index (κ2) is 6.16. The summed E-state index contributed by atoms with van der Waals surface area (Å²) in [7, 11) is 0. The molecule has 0 unspecified atom stereocenters. The number of aromatic amines is 1. The van der Waals surface area contributed by atoms with Gasteiger partial charge in [-0.2, -0.15) is 5.10 Å². The average molecular weight is 329 g/mol. The van der Waals surface area contributed by atoms with Gasteiger partial charge in [-0.25, -0.2) is 0 Å². The Morgan fingerprint density at radius 2 is 2.32 bits per heavy atom. The Labute approximate surface area is 133 Å². The first-order chi connectivity index (χ1) is 10.6. The van der Waals surface area contributed by atoms with Crippen LogP contribution in [0, 0.1) is 5.41 Å². The molecule has 1 saturated carbocycles. The van der Waals surface area contributed by atoms with Crippen LogP contribution < -0.4 is 5.73 Å². The molecule has 1 aromatic heterocycles. The summed E-state index contributed by atoms with van der Waals surface area (Å²) in [6.07, 6.45) is 3.21. The van der Waals surface area contributed by atoms with Crippen molar-refractivity contribution in [1.82, 2.24) is 15.1 Å². The molecule has 3 rings (SSSR count). The number of aliphatic hydroxyl groups is 1. The van der Waals surface area contributed by atoms with Gasteiger partial charge in [0.25, 0.3) is 5.91 Å². The lowest BCUT2D eigenvalue weighted by Gasteiger charge is -2.56. The second-order valence-electron chi connectivity index (χ2n) is 6.02. The van der Waals surface area contributed by atoms with Gasteiger partial charge in [0.1, 0.15) is 5.69 Å². The second-order valence-corrected chi connectivity index (χ2v) is 6.43. The minimum atomic E-state index is -0.358. The third-order valence-electron chi connectivity index (χ3n) is 4.97. The lowest BCUT2D eigenvalue weighted by Crippen LogP contribution is -2.63. The molecule has 1 saturated heterocycles. The zero-order valence-corrected chi connectivity index (χ0v) is 13.1. The summed E-state index contributed by atoms with van der Waals surface area (Å²) < 4.78 is 5.75. The van der Waals surface area contributed by atoms with Gasteiger partial charge >= 0.3 is 0 Å². The van der Waals surface area contributed by atoms with Gasteiger partial charge in [0, 0.05) is 31.5 Å². The third-order valence-corrected chi connectivity index (χ3v) is 5.25. The standard InChI is InChI=1S/C14H21ClN4O3/c15-9-8-17-18-12(9)13(21)19-4-1-14(2-5-19)10(20)7-11(14)22-6-3-16/h8,10-11,20H,1-7,16H2,(H,17,18)/t10-,11+/m0/s1. The SMILES string of the molecule is NCCO[C@@H]1C[C@H](O)C12CCN(C(=O)c1[nH]ncc1Cl)CC2. The molecule has 8 heteroatoms. The first-order valence-electron chi connectivity index (χ1n) is 7.56. The Kier molecular flexibility index (Phi) is 4.40. The topological polar surface area (TPSA) is 104 Å². The highest BCUT2D eigenvalue weighted by Crippen LogP contribution is 2.51. The van der Waals surface area contributed by atoms with E-state index in [0.717, 1.165) is 12.8 Å². The maximum Gasteiger partial charge on any atom is 0.273 e. The highest BCUT2D eigenvalue weighted by Gasteiger charge is 2.56. The van der Waals surface area contributed by atoms with Crippen LogP contribution in [0.5, 0.6) is 0 Å². The molecular formula is C14H21ClN4O3. The van der Waals surface area contributed by atoms with E-state index in [1.807, 2.05) is 0 Å². The van der Waals surface area contributed by atoms with E-state index in [9.17, 15) is 9.90 Å². The molecule has 1 aromatic rings. The summed E-state index contributed by atoms with van der Waals surface area (Å²) in [4.78, 5) is 14.1. The molecule has 1 amide bonds. The highest BCUT2D eigenvalue weighted by molar-refractivity contribution is 6.33. The fourth-order valence-electron chi connectivity index (χ4n) is 3.53. The number of carbonyl (C=O) groups excluding carboxylic acids is 1. The Hall–Kier alpha value is -1.15. The molecule has 1 aliphatic carbocycles. The number of hydrogen-bond acceptors (Lipinski definition) is 5. The van der Waals surface area contributed by atoms with Crippen LogP contribution in [-0.4, -0.2) is 64.6 Å². The van der Waals surface area contributed by atoms with Gasteiger partial charge in [0.15, 0.2) is 0 Å². The Balaban J connectivity index is 1.62. The van der Waals surface area contributed by atoms with E-state index < -0.39 is 0 Å². The van der Waals surface area contributed by atoms with E-state index in [-0.39, 0.29) is 23.5 Å². The first kappa shape index (κ1) is 15.7. The quantitative estimate of drug-likeness (QED) is 0.742. The van der Waals surface area contributed by atoms with Crippen molar-refractivity contribution in [2.45, 2.75) is 31.5 Å². The van der Waals surface area contributed by atoms with Crippen LogP contribution in [0.15, 0.2) is 6.20 Å². The predicted octanol–water partition coefficient (Wildman–Crippen LogP) is 0.394. The predicted molar refractivity (Wildman–Crippen MR) is 80.6 cm³/mol. The van der Waals surface area contributed by atoms with E-state index in [0.29, 0.717) is 43.4 Å². The van der Waals surface area contributed by atoms with Crippen molar-refractivity contribution in [2.75, 3.05) is 26.2 Å². The lowest BCUT2D eigenvalue weighted by molar-refractivity contribution is -0.208. The van der Waals surface area contributed by atoms with Gasteiger partial charge in [-0.3, -0.25) is 9.89 Å². The molecule has 22 heavy (non-hydrogen) atoms. The van der Waals surface area contributed by atoms with E-state index in [4.69, 9.17) is 22.1 Å². The molecule has 0 bridgehead atoms. The van der Waals surface area contributed by atoms with Gasteiger partial charge in [-0.05, 0) is 12.8 Å². The van der Waals surface area contributed by atoms with Crippen molar-refractivity contribution in [3.05, 3.63) is 16.9 Å². The normalized spacial score (nSPS) is 27.0. The van der Waals surface area contributed by atoms with Crippen LogP contribution in [0.4, 0.5) is 0 Å². The summed E-state index contributed by atoms with van der Waals surface area (Å²) >= 11 is 5.94. The number of hydrogen-bond donors (Lipinski definition) is 3. The number of rotatable bonds is 4. The zero-order valence-electron chi connectivity index (χ0n) is 12.3. The van der Waals surface area contributed by atoms with Crippen LogP contribution in [0.25, 0.3) is 0 Å². The van der Waals surface area contributed by atoms with Gasteiger partial charge < -0.3 is 20.5 Å². The molecule has 7 nitrogen and oxygen atoms in total. The molecule has 2 atom stereocenters. The average Bonchev–Trinajstić information content (AvgIpc) is 2.96. The van der Waals surface area contributed by atoms with Gasteiger partial charge in [0.2, 0.25) is 0 Å². The summed E-state index contributed by atoms with van der Waals surface area (Å²) in [5.74, 6) is -0.148. The molecular weight excluding hydrogens is 308 g/mol. The van der Waals surface area contributed by atoms with Gasteiger partial charge in [-0.15, -0.1) is 0 Å². The minimum absolute atomic E-state index is 0.0408. The van der Waals surface area contributed by atoms with Crippen molar-refractivity contribution in [3.63, 3.8) is 0 Å². The molecule has 1 spiro atoms. The minimum Gasteiger partial charge on any atom is -0.392 e. The number of nitrogens with two attached hydrogens (primary N) is 1. The molecule has 0 radical (unpaired) electrons. The summed E-state index contributed by atoms with van der Waals surface area (Å²) in [5.41, 5.74) is 5.57. The Bertz CT molecular complexity index is 542. The number of halogens is 1. The summed E-state index contributed by atoms with van der Waals surface area (Å²) in [5, 5.41) is 16.9. The summed E-state index contributed by atoms with van der Waals surface area (Å²) in [6.45, 7) is 2.14. The molecule has 4 N–H and O–H groups in total. The molecule has 122 valence electrons. The van der Waals surface area contributed by atoms with Crippen molar-refractivity contribution in [3.8, 4) is 0 Å². The molecule has 1 aliphatic heterocycles. The number of H-pyrrole nitrogens is 1. The third kappa shape index (κ3) is 2.52. The molecule has 2 fully saturated rings. The number of aromatic nitrogens is 2. The van der Waals surface area contributed by atoms with Crippen molar-refractivity contribution >= 4 is 17.5 Å². The van der Waals surface area contributed by atoms with Crippen LogP contribution in [0.1, 0.15) is 29.8 Å². The van der Waals surface area contributed by atoms with E-state index >= 15 is 0 Å². The van der Waals surface area contributed by atoms with Crippen molar-refractivity contribution in [1.29, 1.82) is 0 Å². The number of amides is 1. The number of carbonyl (C=O) groups is 1. The first-order valence-corrected chi connectivity index (χ1v) is 7.94. The molecule has 0 aromatic carbocycles. The number of nitrogens with one attached hydrogen (secondary N) is 1. The monoisotopic (exact) mass is 328 g/mol. The maximum absolute atomic E-state index is 12.4. The summed E-state index contributed by atoms with van der Waals surface area (Å²) in [6, 6.07) is 0. The Morgan fingerprint density at radius 3 is 2.86 bits per heavy atom. The van der Waals surface area contributed by atoms with Crippen LogP contribution >= 0.6 is 11.6 Å². The lowest BCUT2D eigenvalue weighted by atomic mass is 9.58. The maximum atomic E-state index is 12.4. The largest absolute Gasteiger partial charge is 0.392 e. The number of likely N-dealkylation sites (tertiary alicyclic amines) is 1. The van der Waals surface area contributed by atoms with Gasteiger partial charge in [0.05, 0.1) is 30.0 Å². The fraction of sp³-hybridized carbons (Fsp3) is 0.714. The van der Waals surface area contributed by atoms with Crippen LogP contribution in [0.3, 0.4) is 0 Å². The number of ether oxygens (including phenoxy) is 1. The van der Waals surface area contributed by atoms with E-state index in [1.54, 1.807) is 4.90 Å². The van der Waals surface area contributed by atoms with E-state index in [1.165, 1.54) is 6.20 Å². The van der Waals surface area contributed by atoms with E-state index in [2.05, 4.69) is 10.2 Å². The number of nitrogens with zero attached hydrogens (tertiary/aromatic N) is 2. The van der Waals surface area contributed by atoms with Crippen molar-refractivity contribution < 1.29 is 14.6 Å². The fourth-order valence-corrected chi connectivity index (χ4v) is 3.70. The highest BCUT2D eigenvalue weighted by atomic mass is 35.5. The van der Waals surface area contributed by atoms with Crippen LogP contribution in [0.2, 0.25) is 5.02 Å². The zero-order chi connectivity index (χ0) is 15.7.